The molecule has 1 aromatic rings. The Morgan fingerprint density at radius 2 is 2.32 bits per heavy atom. The molecule has 0 aromatic carbocycles. The summed E-state index contributed by atoms with van der Waals surface area (Å²) in [7, 11) is 3.99. The first-order valence-corrected chi connectivity index (χ1v) is 8.32. The van der Waals surface area contributed by atoms with Crippen molar-refractivity contribution in [1.29, 1.82) is 0 Å². The lowest BCUT2D eigenvalue weighted by molar-refractivity contribution is -0.729. The summed E-state index contributed by atoms with van der Waals surface area (Å²) in [5.41, 5.74) is 0. The van der Waals surface area contributed by atoms with Gasteiger partial charge in [0, 0.05) is 25.7 Å². The molecule has 1 saturated carbocycles. The number of hydrogen-bond donors (Lipinski definition) is 0. The standard InChI is InChI=1S/C13H18N3OS2/c1-16(10-5-6-10)12(11-4-3-8-18-11)14-15-13(16)19-9-7-17-2/h3-4,8,10H,5-7,9H2,1-2H3/q+1. The lowest BCUT2D eigenvalue weighted by Gasteiger charge is -2.29. The first kappa shape index (κ1) is 13.3. The summed E-state index contributed by atoms with van der Waals surface area (Å²) in [4.78, 5) is 1.24. The zero-order valence-electron chi connectivity index (χ0n) is 11.2. The predicted octanol–water partition coefficient (Wildman–Crippen LogP) is 2.77. The number of hydrogen-bond acceptors (Lipinski definition) is 5. The molecule has 1 aromatic heterocycles. The van der Waals surface area contributed by atoms with Gasteiger partial charge in [0.25, 0.3) is 11.0 Å². The molecule has 3 rings (SSSR count). The topological polar surface area (TPSA) is 34.0 Å². The minimum Gasteiger partial charge on any atom is -0.384 e. The van der Waals surface area contributed by atoms with Crippen molar-refractivity contribution in [3.8, 4) is 0 Å². The number of amidine groups is 2. The largest absolute Gasteiger partial charge is 0.384 e. The van der Waals surface area contributed by atoms with E-state index in [-0.39, 0.29) is 0 Å². The van der Waals surface area contributed by atoms with Crippen LogP contribution in [-0.4, -0.2) is 48.0 Å². The Hall–Kier alpha value is -0.690. The molecule has 1 unspecified atom stereocenters. The third-order valence-electron chi connectivity index (χ3n) is 3.60. The van der Waals surface area contributed by atoms with Gasteiger partial charge in [0.2, 0.25) is 0 Å². The summed E-state index contributed by atoms with van der Waals surface area (Å²) in [6.07, 6.45) is 2.54. The van der Waals surface area contributed by atoms with Crippen LogP contribution in [0.4, 0.5) is 0 Å². The lowest BCUT2D eigenvalue weighted by Crippen LogP contribution is -2.52. The molecule has 0 spiro atoms. The first-order chi connectivity index (χ1) is 9.26. The number of ether oxygens (including phenoxy) is 1. The maximum absolute atomic E-state index is 5.13. The number of rotatable bonds is 5. The minimum atomic E-state index is 0.650. The summed E-state index contributed by atoms with van der Waals surface area (Å²) in [6, 6.07) is 4.87. The van der Waals surface area contributed by atoms with Crippen LogP contribution in [0.5, 0.6) is 0 Å². The summed E-state index contributed by atoms with van der Waals surface area (Å²) < 4.78 is 5.91. The Balaban J connectivity index is 1.81. The van der Waals surface area contributed by atoms with Crippen LogP contribution in [0, 0.1) is 0 Å². The van der Waals surface area contributed by atoms with Crippen molar-refractivity contribution >= 4 is 34.1 Å². The van der Waals surface area contributed by atoms with Crippen molar-refractivity contribution in [2.75, 3.05) is 26.5 Å². The van der Waals surface area contributed by atoms with E-state index >= 15 is 0 Å². The zero-order chi connectivity index (χ0) is 13.3. The molecule has 6 heteroatoms. The number of quaternary nitrogens is 1. The maximum Gasteiger partial charge on any atom is 0.289 e. The Labute approximate surface area is 121 Å². The van der Waals surface area contributed by atoms with E-state index in [4.69, 9.17) is 4.74 Å². The van der Waals surface area contributed by atoms with Gasteiger partial charge in [0.1, 0.15) is 10.9 Å². The van der Waals surface area contributed by atoms with Crippen molar-refractivity contribution in [3.05, 3.63) is 22.4 Å². The fraction of sp³-hybridized carbons (Fsp3) is 0.538. The molecular weight excluding hydrogens is 278 g/mol. The monoisotopic (exact) mass is 296 g/mol. The van der Waals surface area contributed by atoms with Crippen molar-refractivity contribution in [2.24, 2.45) is 10.2 Å². The average molecular weight is 296 g/mol. The molecule has 0 amide bonds. The van der Waals surface area contributed by atoms with Gasteiger partial charge in [-0.3, -0.25) is 0 Å². The van der Waals surface area contributed by atoms with Gasteiger partial charge in [-0.2, -0.15) is 0 Å². The molecule has 1 atom stereocenters. The average Bonchev–Trinajstić information content (AvgIpc) is 3.04. The van der Waals surface area contributed by atoms with E-state index < -0.39 is 0 Å². The van der Waals surface area contributed by atoms with Gasteiger partial charge in [-0.05, 0) is 23.2 Å². The third kappa shape index (κ3) is 2.38. The molecular formula is C13H18N3OS2+. The molecule has 0 saturated heterocycles. The molecule has 19 heavy (non-hydrogen) atoms. The normalized spacial score (nSPS) is 26.4. The van der Waals surface area contributed by atoms with Gasteiger partial charge in [0.05, 0.1) is 13.7 Å². The molecule has 4 nitrogen and oxygen atoms in total. The SMILES string of the molecule is COCCSC1=NN=C(c2cccs2)[N+]1(C)C1CC1. The fourth-order valence-corrected chi connectivity index (χ4v) is 4.18. The summed E-state index contributed by atoms with van der Waals surface area (Å²) in [5, 5.41) is 12.1. The van der Waals surface area contributed by atoms with E-state index in [9.17, 15) is 0 Å². The van der Waals surface area contributed by atoms with Crippen LogP contribution in [-0.2, 0) is 4.74 Å². The minimum absolute atomic E-state index is 0.650. The van der Waals surface area contributed by atoms with Gasteiger partial charge in [-0.25, -0.2) is 4.48 Å². The van der Waals surface area contributed by atoms with Gasteiger partial charge in [-0.15, -0.1) is 11.3 Å². The Morgan fingerprint density at radius 1 is 1.47 bits per heavy atom. The van der Waals surface area contributed by atoms with Crippen LogP contribution in [0.2, 0.25) is 0 Å². The lowest BCUT2D eigenvalue weighted by atomic mass is 10.3. The highest BCUT2D eigenvalue weighted by Crippen LogP contribution is 2.40. The third-order valence-corrected chi connectivity index (χ3v) is 5.56. The van der Waals surface area contributed by atoms with Crippen LogP contribution in [0.1, 0.15) is 17.7 Å². The smallest absolute Gasteiger partial charge is 0.289 e. The maximum atomic E-state index is 5.13. The zero-order valence-corrected chi connectivity index (χ0v) is 12.8. The molecule has 102 valence electrons. The van der Waals surface area contributed by atoms with Crippen LogP contribution in [0.3, 0.4) is 0 Å². The molecule has 1 aliphatic heterocycles. The fourth-order valence-electron chi connectivity index (χ4n) is 2.35. The summed E-state index contributed by atoms with van der Waals surface area (Å²) >= 11 is 3.52. The van der Waals surface area contributed by atoms with Crippen molar-refractivity contribution in [2.45, 2.75) is 18.9 Å². The van der Waals surface area contributed by atoms with Crippen LogP contribution in [0.15, 0.2) is 27.7 Å². The van der Waals surface area contributed by atoms with Gasteiger partial charge in [0.15, 0.2) is 0 Å². The Morgan fingerprint density at radius 3 is 2.95 bits per heavy atom. The molecule has 0 bridgehead atoms. The van der Waals surface area contributed by atoms with E-state index in [1.807, 2.05) is 0 Å². The van der Waals surface area contributed by atoms with Crippen molar-refractivity contribution < 1.29 is 9.22 Å². The predicted molar refractivity (Wildman–Crippen MR) is 81.8 cm³/mol. The highest BCUT2D eigenvalue weighted by Gasteiger charge is 2.53. The second-order valence-corrected chi connectivity index (χ2v) is 6.94. The molecule has 2 aliphatic rings. The van der Waals surface area contributed by atoms with Crippen LogP contribution >= 0.6 is 23.1 Å². The van der Waals surface area contributed by atoms with Crippen LogP contribution < -0.4 is 0 Å². The van der Waals surface area contributed by atoms with E-state index in [1.165, 1.54) is 17.7 Å². The second-order valence-electron chi connectivity index (χ2n) is 4.93. The molecule has 2 heterocycles. The highest BCUT2D eigenvalue weighted by molar-refractivity contribution is 8.13. The van der Waals surface area contributed by atoms with Crippen molar-refractivity contribution in [1.82, 2.24) is 0 Å². The number of nitrogens with zero attached hydrogens (tertiary/aromatic N) is 3. The van der Waals surface area contributed by atoms with E-state index in [2.05, 4.69) is 34.8 Å². The summed E-state index contributed by atoms with van der Waals surface area (Å²) in [6.45, 7) is 0.753. The second kappa shape index (κ2) is 5.36. The Kier molecular flexibility index (Phi) is 3.75. The number of thioether (sulfide) groups is 1. The van der Waals surface area contributed by atoms with E-state index in [1.54, 1.807) is 30.2 Å². The molecule has 0 radical (unpaired) electrons. The molecule has 1 fully saturated rings. The van der Waals surface area contributed by atoms with Crippen LogP contribution in [0.25, 0.3) is 0 Å². The van der Waals surface area contributed by atoms with E-state index in [0.29, 0.717) is 6.04 Å². The quantitative estimate of drug-likeness (QED) is 0.618. The number of methoxy groups -OCH3 is 1. The van der Waals surface area contributed by atoms with E-state index in [0.717, 1.165) is 27.8 Å². The van der Waals surface area contributed by atoms with Gasteiger partial charge >= 0.3 is 0 Å². The molecule has 1 aliphatic carbocycles. The Bertz CT molecular complexity index is 508. The number of thiophene rings is 1. The first-order valence-electron chi connectivity index (χ1n) is 6.45. The van der Waals surface area contributed by atoms with Gasteiger partial charge in [-0.1, -0.05) is 16.3 Å². The highest BCUT2D eigenvalue weighted by atomic mass is 32.2. The summed E-state index contributed by atoms with van der Waals surface area (Å²) in [5.74, 6) is 2.04. The van der Waals surface area contributed by atoms with Gasteiger partial charge < -0.3 is 4.74 Å². The van der Waals surface area contributed by atoms with Crippen molar-refractivity contribution in [3.63, 3.8) is 0 Å². The molecule has 0 N–H and O–H groups in total.